The summed E-state index contributed by atoms with van der Waals surface area (Å²) in [4.78, 5) is 2.44. The van der Waals surface area contributed by atoms with E-state index in [1.807, 2.05) is 17.4 Å². The molecule has 0 atom stereocenters. The van der Waals surface area contributed by atoms with E-state index in [2.05, 4.69) is 175 Å². The molecule has 2 aromatic heterocycles. The van der Waals surface area contributed by atoms with Gasteiger partial charge in [-0.25, -0.2) is 0 Å². The Morgan fingerprint density at radius 3 is 2.00 bits per heavy atom. The van der Waals surface area contributed by atoms with Gasteiger partial charge in [0.25, 0.3) is 0 Å². The predicted molar refractivity (Wildman–Crippen MR) is 210 cm³/mol. The second-order valence-corrected chi connectivity index (χ2v) is 13.6. The van der Waals surface area contributed by atoms with Crippen LogP contribution in [0.15, 0.2) is 180 Å². The summed E-state index contributed by atoms with van der Waals surface area (Å²) in [5.74, 6) is 0. The number of furan rings is 1. The van der Waals surface area contributed by atoms with Gasteiger partial charge in [-0.3, -0.25) is 0 Å². The van der Waals surface area contributed by atoms with Gasteiger partial charge in [-0.2, -0.15) is 0 Å². The highest BCUT2D eigenvalue weighted by molar-refractivity contribution is 7.26. The Morgan fingerprint density at radius 2 is 1.14 bits per heavy atom. The molecule has 49 heavy (non-hydrogen) atoms. The molecule has 0 aliphatic carbocycles. The maximum atomic E-state index is 6.74. The van der Waals surface area contributed by atoms with Crippen LogP contribution in [0.25, 0.3) is 75.1 Å². The molecule has 0 saturated heterocycles. The summed E-state index contributed by atoms with van der Waals surface area (Å²) in [6.07, 6.45) is 0. The number of thiophene rings is 1. The van der Waals surface area contributed by atoms with E-state index in [4.69, 9.17) is 4.42 Å². The Bertz CT molecular complexity index is 2830. The molecule has 2 heterocycles. The normalized spacial score (nSPS) is 11.7. The SMILES string of the molecule is c1ccc(-c2ccc3cc(N(c4cccc5c4oc4ccccc45)c4c(-c5ccccc5)ccc5c4sc4ccccc45)ccc3c2)cc1. The summed E-state index contributed by atoms with van der Waals surface area (Å²) in [5.41, 5.74) is 9.78. The molecule has 10 aromatic rings. The summed E-state index contributed by atoms with van der Waals surface area (Å²) < 4.78 is 9.26. The molecular formula is C46H29NOS. The number of anilines is 3. The van der Waals surface area contributed by atoms with Gasteiger partial charge < -0.3 is 9.32 Å². The molecule has 0 aliphatic rings. The van der Waals surface area contributed by atoms with Crippen LogP contribution in [-0.4, -0.2) is 0 Å². The summed E-state index contributed by atoms with van der Waals surface area (Å²) >= 11 is 1.86. The molecule has 0 bridgehead atoms. The average Bonchev–Trinajstić information content (AvgIpc) is 3.75. The quantitative estimate of drug-likeness (QED) is 0.186. The third-order valence-electron chi connectivity index (χ3n) is 9.64. The van der Waals surface area contributed by atoms with Crippen LogP contribution in [0.2, 0.25) is 0 Å². The number of rotatable bonds is 5. The number of fused-ring (bicyclic) bond motifs is 7. The van der Waals surface area contributed by atoms with Crippen molar-refractivity contribution < 1.29 is 4.42 Å². The van der Waals surface area contributed by atoms with E-state index >= 15 is 0 Å². The van der Waals surface area contributed by atoms with Crippen molar-refractivity contribution in [1.82, 2.24) is 0 Å². The van der Waals surface area contributed by atoms with Crippen LogP contribution in [-0.2, 0) is 0 Å². The first-order valence-electron chi connectivity index (χ1n) is 16.6. The van der Waals surface area contributed by atoms with Gasteiger partial charge >= 0.3 is 0 Å². The fourth-order valence-corrected chi connectivity index (χ4v) is 8.57. The van der Waals surface area contributed by atoms with Gasteiger partial charge in [-0.05, 0) is 63.9 Å². The minimum atomic E-state index is 0.875. The summed E-state index contributed by atoms with van der Waals surface area (Å²) in [6, 6.07) is 63.2. The predicted octanol–water partition coefficient (Wildman–Crippen LogP) is 13.9. The zero-order chi connectivity index (χ0) is 32.3. The molecule has 0 saturated carbocycles. The molecule has 3 heteroatoms. The van der Waals surface area contributed by atoms with Gasteiger partial charge in [0, 0.05) is 37.5 Å². The van der Waals surface area contributed by atoms with Crippen molar-refractivity contribution in [1.29, 1.82) is 0 Å². The molecule has 0 unspecified atom stereocenters. The van der Waals surface area contributed by atoms with E-state index < -0.39 is 0 Å². The van der Waals surface area contributed by atoms with E-state index in [0.717, 1.165) is 39.0 Å². The molecule has 8 aromatic carbocycles. The largest absolute Gasteiger partial charge is 0.454 e. The van der Waals surface area contributed by atoms with Crippen molar-refractivity contribution in [3.05, 3.63) is 176 Å². The van der Waals surface area contributed by atoms with Gasteiger partial charge in [0.1, 0.15) is 5.58 Å². The monoisotopic (exact) mass is 643 g/mol. The first-order chi connectivity index (χ1) is 24.3. The molecule has 0 fully saturated rings. The smallest absolute Gasteiger partial charge is 0.159 e. The minimum absolute atomic E-state index is 0.875. The Hall–Kier alpha value is -6.16. The van der Waals surface area contributed by atoms with E-state index in [9.17, 15) is 0 Å². The Kier molecular flexibility index (Phi) is 6.39. The Balaban J connectivity index is 1.30. The fourth-order valence-electron chi connectivity index (χ4n) is 7.33. The lowest BCUT2D eigenvalue weighted by Crippen LogP contribution is -2.12. The zero-order valence-electron chi connectivity index (χ0n) is 26.5. The maximum absolute atomic E-state index is 6.74. The molecule has 0 radical (unpaired) electrons. The van der Waals surface area contributed by atoms with Gasteiger partial charge in [-0.1, -0.05) is 140 Å². The van der Waals surface area contributed by atoms with E-state index in [0.29, 0.717) is 0 Å². The summed E-state index contributed by atoms with van der Waals surface area (Å²) in [5, 5.41) is 7.15. The van der Waals surface area contributed by atoms with Crippen LogP contribution >= 0.6 is 11.3 Å². The number of hydrogen-bond donors (Lipinski definition) is 0. The fraction of sp³-hybridized carbons (Fsp3) is 0. The van der Waals surface area contributed by atoms with Crippen molar-refractivity contribution >= 4 is 81.3 Å². The Labute approximate surface area is 287 Å². The highest BCUT2D eigenvalue weighted by Gasteiger charge is 2.25. The third kappa shape index (κ3) is 4.55. The molecule has 10 rings (SSSR count). The molecule has 0 aliphatic heterocycles. The van der Waals surface area contributed by atoms with Crippen molar-refractivity contribution in [2.24, 2.45) is 0 Å². The molecule has 0 amide bonds. The molecule has 0 N–H and O–H groups in total. The molecule has 0 spiro atoms. The van der Waals surface area contributed by atoms with Crippen molar-refractivity contribution in [2.75, 3.05) is 4.90 Å². The Morgan fingerprint density at radius 1 is 0.449 bits per heavy atom. The number of nitrogens with zero attached hydrogens (tertiary/aromatic N) is 1. The number of hydrogen-bond acceptors (Lipinski definition) is 3. The maximum Gasteiger partial charge on any atom is 0.159 e. The van der Waals surface area contributed by atoms with Crippen LogP contribution < -0.4 is 4.90 Å². The van der Waals surface area contributed by atoms with Crippen molar-refractivity contribution in [3.63, 3.8) is 0 Å². The van der Waals surface area contributed by atoms with Crippen LogP contribution in [0.5, 0.6) is 0 Å². The molecule has 230 valence electrons. The average molecular weight is 644 g/mol. The molecule has 2 nitrogen and oxygen atoms in total. The van der Waals surface area contributed by atoms with Crippen LogP contribution in [0.4, 0.5) is 17.1 Å². The van der Waals surface area contributed by atoms with E-state index in [1.54, 1.807) is 0 Å². The van der Waals surface area contributed by atoms with Crippen LogP contribution in [0.1, 0.15) is 0 Å². The number of para-hydroxylation sites is 2. The minimum Gasteiger partial charge on any atom is -0.454 e. The highest BCUT2D eigenvalue weighted by atomic mass is 32.1. The van der Waals surface area contributed by atoms with Gasteiger partial charge in [0.05, 0.1) is 16.1 Å². The summed E-state index contributed by atoms with van der Waals surface area (Å²) in [7, 11) is 0. The van der Waals surface area contributed by atoms with Crippen LogP contribution in [0, 0.1) is 0 Å². The van der Waals surface area contributed by atoms with Crippen molar-refractivity contribution in [2.45, 2.75) is 0 Å². The second-order valence-electron chi connectivity index (χ2n) is 12.5. The van der Waals surface area contributed by atoms with Crippen LogP contribution in [0.3, 0.4) is 0 Å². The summed E-state index contributed by atoms with van der Waals surface area (Å²) in [6.45, 7) is 0. The lowest BCUT2D eigenvalue weighted by atomic mass is 9.98. The number of benzene rings is 8. The highest BCUT2D eigenvalue weighted by Crippen LogP contribution is 2.51. The third-order valence-corrected chi connectivity index (χ3v) is 10.8. The zero-order valence-corrected chi connectivity index (χ0v) is 27.3. The van der Waals surface area contributed by atoms with Gasteiger partial charge in [0.2, 0.25) is 0 Å². The second kappa shape index (κ2) is 11.2. The van der Waals surface area contributed by atoms with E-state index in [-0.39, 0.29) is 0 Å². The molecular weight excluding hydrogens is 615 g/mol. The topological polar surface area (TPSA) is 16.4 Å². The van der Waals surface area contributed by atoms with Gasteiger partial charge in [-0.15, -0.1) is 11.3 Å². The standard InChI is InChI=1S/C46H29NOS/c1-3-12-30(13-4-1)32-22-23-34-29-35(25-24-33(34)28-32)47(41-19-11-18-39-37-16-7-9-20-42(37)48-45(39)41)44-36(31-14-5-2-6-15-31)26-27-40-38-17-8-10-21-43(38)49-46(40)44/h1-29H. The first kappa shape index (κ1) is 27.9. The first-order valence-corrected chi connectivity index (χ1v) is 17.4. The van der Waals surface area contributed by atoms with E-state index in [1.165, 1.54) is 53.2 Å². The van der Waals surface area contributed by atoms with Gasteiger partial charge in [0.15, 0.2) is 5.58 Å². The lowest BCUT2D eigenvalue weighted by Gasteiger charge is -2.29. The lowest BCUT2D eigenvalue weighted by molar-refractivity contribution is 0.669. The van der Waals surface area contributed by atoms with Crippen molar-refractivity contribution in [3.8, 4) is 22.3 Å².